The Kier molecular flexibility index (Phi) is 6.85. The van der Waals surface area contributed by atoms with E-state index in [0.717, 1.165) is 17.7 Å². The number of amides is 2. The molecule has 3 rings (SSSR count). The van der Waals surface area contributed by atoms with E-state index in [9.17, 15) is 9.59 Å². The van der Waals surface area contributed by atoms with Gasteiger partial charge in [-0.25, -0.2) is 4.68 Å². The molecule has 0 spiro atoms. The standard InChI is InChI=1S/C19H21N5O3S/c1-14-11-17(23-27-14)22-19(26)13-28-12-18(25)20-9-7-15-3-5-16(6-4-15)24-10-2-8-21-24/h2-6,8,10-11H,7,9,12-13H2,1H3,(H,20,25)(H,22,23,26). The molecule has 0 unspecified atom stereocenters. The van der Waals surface area contributed by atoms with Crippen molar-refractivity contribution < 1.29 is 14.1 Å². The van der Waals surface area contributed by atoms with Crippen LogP contribution in [0.25, 0.3) is 5.69 Å². The zero-order chi connectivity index (χ0) is 19.8. The van der Waals surface area contributed by atoms with Crippen molar-refractivity contribution in [1.29, 1.82) is 0 Å². The molecule has 8 nitrogen and oxygen atoms in total. The number of nitrogens with one attached hydrogen (secondary N) is 2. The van der Waals surface area contributed by atoms with Crippen LogP contribution in [0.4, 0.5) is 5.82 Å². The number of benzene rings is 1. The zero-order valence-electron chi connectivity index (χ0n) is 15.4. The number of anilines is 1. The number of carbonyl (C=O) groups is 2. The quantitative estimate of drug-likeness (QED) is 0.572. The van der Waals surface area contributed by atoms with Crippen molar-refractivity contribution in [3.8, 4) is 5.69 Å². The van der Waals surface area contributed by atoms with Crippen molar-refractivity contribution >= 4 is 29.4 Å². The summed E-state index contributed by atoms with van der Waals surface area (Å²) < 4.78 is 6.67. The molecule has 1 aromatic carbocycles. The van der Waals surface area contributed by atoms with E-state index in [1.54, 1.807) is 23.9 Å². The third-order valence-electron chi connectivity index (χ3n) is 3.80. The molecule has 9 heteroatoms. The van der Waals surface area contributed by atoms with Gasteiger partial charge in [0.25, 0.3) is 0 Å². The fraction of sp³-hybridized carbons (Fsp3) is 0.263. The lowest BCUT2D eigenvalue weighted by Gasteiger charge is -2.07. The normalized spacial score (nSPS) is 10.6. The van der Waals surface area contributed by atoms with E-state index in [0.29, 0.717) is 18.1 Å². The number of thioether (sulfide) groups is 1. The highest BCUT2D eigenvalue weighted by molar-refractivity contribution is 8.00. The second-order valence-corrected chi connectivity index (χ2v) is 7.07. The molecule has 0 saturated heterocycles. The van der Waals surface area contributed by atoms with Gasteiger partial charge in [-0.1, -0.05) is 17.3 Å². The summed E-state index contributed by atoms with van der Waals surface area (Å²) in [7, 11) is 0. The number of hydrogen-bond acceptors (Lipinski definition) is 6. The van der Waals surface area contributed by atoms with Crippen LogP contribution in [0.2, 0.25) is 0 Å². The van der Waals surface area contributed by atoms with Crippen molar-refractivity contribution in [3.63, 3.8) is 0 Å². The second-order valence-electron chi connectivity index (χ2n) is 6.08. The monoisotopic (exact) mass is 399 g/mol. The van der Waals surface area contributed by atoms with Gasteiger partial charge in [0.05, 0.1) is 17.2 Å². The molecule has 2 N–H and O–H groups in total. The average Bonchev–Trinajstić information content (AvgIpc) is 3.34. The molecule has 0 bridgehead atoms. The predicted molar refractivity (Wildman–Crippen MR) is 107 cm³/mol. The van der Waals surface area contributed by atoms with Crippen molar-refractivity contribution in [2.75, 3.05) is 23.4 Å². The third kappa shape index (κ3) is 5.98. The first-order valence-electron chi connectivity index (χ1n) is 8.77. The lowest BCUT2D eigenvalue weighted by Crippen LogP contribution is -2.28. The highest BCUT2D eigenvalue weighted by Crippen LogP contribution is 2.10. The maximum Gasteiger partial charge on any atom is 0.235 e. The van der Waals surface area contributed by atoms with E-state index < -0.39 is 0 Å². The van der Waals surface area contributed by atoms with Crippen LogP contribution < -0.4 is 10.6 Å². The average molecular weight is 399 g/mol. The van der Waals surface area contributed by atoms with E-state index in [1.807, 2.05) is 36.5 Å². The molecule has 0 atom stereocenters. The Bertz CT molecular complexity index is 906. The number of aryl methyl sites for hydroxylation is 1. The fourth-order valence-electron chi connectivity index (χ4n) is 2.47. The second kappa shape index (κ2) is 9.75. The van der Waals surface area contributed by atoms with Gasteiger partial charge in [-0.05, 0) is 37.1 Å². The van der Waals surface area contributed by atoms with Crippen LogP contribution >= 0.6 is 11.8 Å². The SMILES string of the molecule is Cc1cc(NC(=O)CSCC(=O)NCCc2ccc(-n3cccn3)cc2)no1. The lowest BCUT2D eigenvalue weighted by atomic mass is 10.1. The van der Waals surface area contributed by atoms with Crippen molar-refractivity contribution in [2.45, 2.75) is 13.3 Å². The van der Waals surface area contributed by atoms with Crippen LogP contribution in [-0.2, 0) is 16.0 Å². The first kappa shape index (κ1) is 19.7. The van der Waals surface area contributed by atoms with E-state index in [1.165, 1.54) is 11.8 Å². The van der Waals surface area contributed by atoms with Crippen LogP contribution in [0.1, 0.15) is 11.3 Å². The molecule has 0 aliphatic rings. The Labute approximate surface area is 166 Å². The van der Waals surface area contributed by atoms with Crippen molar-refractivity contribution in [2.24, 2.45) is 0 Å². The molecule has 0 aliphatic carbocycles. The van der Waals surface area contributed by atoms with Crippen LogP contribution in [0.15, 0.2) is 53.3 Å². The smallest absolute Gasteiger partial charge is 0.235 e. The topological polar surface area (TPSA) is 102 Å². The van der Waals surface area contributed by atoms with Gasteiger partial charge < -0.3 is 15.2 Å². The van der Waals surface area contributed by atoms with Crippen LogP contribution in [0.5, 0.6) is 0 Å². The zero-order valence-corrected chi connectivity index (χ0v) is 16.2. The molecular weight excluding hydrogens is 378 g/mol. The Balaban J connectivity index is 1.30. The van der Waals surface area contributed by atoms with Crippen LogP contribution in [0.3, 0.4) is 0 Å². The summed E-state index contributed by atoms with van der Waals surface area (Å²) in [5, 5.41) is 13.4. The number of nitrogens with zero attached hydrogens (tertiary/aromatic N) is 3. The minimum Gasteiger partial charge on any atom is -0.360 e. The highest BCUT2D eigenvalue weighted by atomic mass is 32.2. The van der Waals surface area contributed by atoms with E-state index in [2.05, 4.69) is 20.9 Å². The van der Waals surface area contributed by atoms with Gasteiger partial charge in [-0.3, -0.25) is 9.59 Å². The summed E-state index contributed by atoms with van der Waals surface area (Å²) >= 11 is 1.25. The molecule has 28 heavy (non-hydrogen) atoms. The first-order chi connectivity index (χ1) is 13.6. The first-order valence-corrected chi connectivity index (χ1v) is 9.92. The minimum absolute atomic E-state index is 0.0942. The molecule has 3 aromatic rings. The van der Waals surface area contributed by atoms with Gasteiger partial charge in [0.15, 0.2) is 5.82 Å². The molecule has 0 radical (unpaired) electrons. The Hall–Kier alpha value is -3.07. The molecule has 0 saturated carbocycles. The molecule has 2 heterocycles. The van der Waals surface area contributed by atoms with Crippen molar-refractivity contribution in [3.05, 3.63) is 60.1 Å². The van der Waals surface area contributed by atoms with Gasteiger partial charge in [-0.15, -0.1) is 11.8 Å². The highest BCUT2D eigenvalue weighted by Gasteiger charge is 2.08. The van der Waals surface area contributed by atoms with Gasteiger partial charge in [-0.2, -0.15) is 5.10 Å². The molecule has 2 aromatic heterocycles. The number of hydrogen-bond donors (Lipinski definition) is 2. The van der Waals surface area contributed by atoms with E-state index in [4.69, 9.17) is 4.52 Å². The van der Waals surface area contributed by atoms with Gasteiger partial charge >= 0.3 is 0 Å². The van der Waals surface area contributed by atoms with E-state index in [-0.39, 0.29) is 23.3 Å². The van der Waals surface area contributed by atoms with Crippen LogP contribution in [0, 0.1) is 6.92 Å². The number of rotatable bonds is 9. The third-order valence-corrected chi connectivity index (χ3v) is 4.74. The molecular formula is C19H21N5O3S. The predicted octanol–water partition coefficient (Wildman–Crippen LogP) is 2.20. The molecule has 2 amide bonds. The Morgan fingerprint density at radius 1 is 1.18 bits per heavy atom. The van der Waals surface area contributed by atoms with Gasteiger partial charge in [0.2, 0.25) is 11.8 Å². The van der Waals surface area contributed by atoms with Gasteiger partial charge in [0, 0.05) is 25.0 Å². The Morgan fingerprint density at radius 3 is 2.64 bits per heavy atom. The molecule has 146 valence electrons. The summed E-state index contributed by atoms with van der Waals surface area (Å²) in [4.78, 5) is 23.6. The maximum atomic E-state index is 11.9. The fourth-order valence-corrected chi connectivity index (χ4v) is 3.12. The minimum atomic E-state index is -0.219. The summed E-state index contributed by atoms with van der Waals surface area (Å²) in [6, 6.07) is 11.5. The number of aromatic nitrogens is 3. The summed E-state index contributed by atoms with van der Waals surface area (Å²) in [6.45, 7) is 2.29. The van der Waals surface area contributed by atoms with Gasteiger partial charge in [0.1, 0.15) is 5.76 Å². The lowest BCUT2D eigenvalue weighted by molar-refractivity contribution is -0.118. The largest absolute Gasteiger partial charge is 0.360 e. The summed E-state index contributed by atoms with van der Waals surface area (Å²) in [5.41, 5.74) is 2.12. The summed E-state index contributed by atoms with van der Waals surface area (Å²) in [5.74, 6) is 1.09. The number of carbonyl (C=O) groups excluding carboxylic acids is 2. The molecule has 0 fully saturated rings. The molecule has 0 aliphatic heterocycles. The van der Waals surface area contributed by atoms with Crippen LogP contribution in [-0.4, -0.2) is 44.8 Å². The summed E-state index contributed by atoms with van der Waals surface area (Å²) in [6.07, 6.45) is 4.36. The van der Waals surface area contributed by atoms with E-state index >= 15 is 0 Å². The maximum absolute atomic E-state index is 11.9. The Morgan fingerprint density at radius 2 is 1.96 bits per heavy atom. The van der Waals surface area contributed by atoms with Crippen molar-refractivity contribution in [1.82, 2.24) is 20.3 Å².